The van der Waals surface area contributed by atoms with Gasteiger partial charge in [0.25, 0.3) is 0 Å². The van der Waals surface area contributed by atoms with Crippen molar-refractivity contribution in [2.24, 2.45) is 5.92 Å². The third-order valence-electron chi connectivity index (χ3n) is 2.76. The average Bonchev–Trinajstić information content (AvgIpc) is 2.78. The zero-order valence-corrected chi connectivity index (χ0v) is 12.6. The van der Waals surface area contributed by atoms with Crippen LogP contribution in [0, 0.1) is 5.92 Å². The zero-order chi connectivity index (χ0) is 14.5. The molecular weight excluding hydrogens is 250 g/mol. The number of ether oxygens (including phenoxy) is 1. The molecule has 0 bridgehead atoms. The molecule has 0 spiro atoms. The predicted octanol–water partition coefficient (Wildman–Crippen LogP) is 4.07. The van der Waals surface area contributed by atoms with Crippen LogP contribution in [0.2, 0.25) is 0 Å². The summed E-state index contributed by atoms with van der Waals surface area (Å²) < 4.78 is 7.76. The largest absolute Gasteiger partial charge is 0.491 e. The maximum absolute atomic E-state index is 5.63. The fourth-order valence-corrected chi connectivity index (χ4v) is 1.99. The van der Waals surface area contributed by atoms with E-state index >= 15 is 0 Å². The molecular formula is C16H23N3O. The molecule has 1 aromatic carbocycles. The van der Waals surface area contributed by atoms with Crippen molar-refractivity contribution >= 4 is 11.6 Å². The van der Waals surface area contributed by atoms with E-state index in [0.29, 0.717) is 5.92 Å². The third kappa shape index (κ3) is 4.02. The van der Waals surface area contributed by atoms with Crippen LogP contribution < -0.4 is 10.1 Å². The molecule has 4 heteroatoms. The molecule has 0 aliphatic heterocycles. The highest BCUT2D eigenvalue weighted by Gasteiger charge is 2.05. The number of benzene rings is 1. The molecule has 2 aromatic rings. The maximum Gasteiger partial charge on any atom is 0.207 e. The SMILES string of the molecule is CC(C)Cn1ccnc1Nc1ccc(OC(C)C)cc1. The molecule has 4 nitrogen and oxygen atoms in total. The molecule has 108 valence electrons. The third-order valence-corrected chi connectivity index (χ3v) is 2.76. The lowest BCUT2D eigenvalue weighted by Crippen LogP contribution is -2.07. The number of hydrogen-bond acceptors (Lipinski definition) is 3. The van der Waals surface area contributed by atoms with Gasteiger partial charge in [-0.3, -0.25) is 0 Å². The Kier molecular flexibility index (Phi) is 4.66. The van der Waals surface area contributed by atoms with E-state index in [4.69, 9.17) is 4.74 Å². The van der Waals surface area contributed by atoms with Gasteiger partial charge in [-0.15, -0.1) is 0 Å². The molecule has 0 aliphatic rings. The number of rotatable bonds is 6. The summed E-state index contributed by atoms with van der Waals surface area (Å²) in [6, 6.07) is 7.95. The summed E-state index contributed by atoms with van der Waals surface area (Å²) in [5.74, 6) is 2.35. The highest BCUT2D eigenvalue weighted by molar-refractivity contribution is 5.54. The Morgan fingerprint density at radius 1 is 1.15 bits per heavy atom. The van der Waals surface area contributed by atoms with Crippen LogP contribution in [-0.2, 0) is 6.54 Å². The highest BCUT2D eigenvalue weighted by Crippen LogP contribution is 2.20. The van der Waals surface area contributed by atoms with Gasteiger partial charge in [-0.05, 0) is 44.0 Å². The molecule has 20 heavy (non-hydrogen) atoms. The van der Waals surface area contributed by atoms with Crippen LogP contribution in [0.1, 0.15) is 27.7 Å². The molecule has 1 N–H and O–H groups in total. The van der Waals surface area contributed by atoms with Crippen molar-refractivity contribution in [2.75, 3.05) is 5.32 Å². The number of imidazole rings is 1. The molecule has 0 aliphatic carbocycles. The number of nitrogens with one attached hydrogen (secondary N) is 1. The fourth-order valence-electron chi connectivity index (χ4n) is 1.99. The van der Waals surface area contributed by atoms with Crippen molar-refractivity contribution in [2.45, 2.75) is 40.3 Å². The van der Waals surface area contributed by atoms with Gasteiger partial charge in [-0.1, -0.05) is 13.8 Å². The second-order valence-electron chi connectivity index (χ2n) is 5.61. The van der Waals surface area contributed by atoms with Gasteiger partial charge in [0.15, 0.2) is 0 Å². The minimum absolute atomic E-state index is 0.193. The monoisotopic (exact) mass is 273 g/mol. The Balaban J connectivity index is 2.05. The maximum atomic E-state index is 5.63. The van der Waals surface area contributed by atoms with E-state index in [0.717, 1.165) is 23.9 Å². The molecule has 0 atom stereocenters. The Labute approximate surface area is 120 Å². The number of nitrogens with zero attached hydrogens (tertiary/aromatic N) is 2. The molecule has 2 rings (SSSR count). The van der Waals surface area contributed by atoms with Crippen LogP contribution in [0.5, 0.6) is 5.75 Å². The van der Waals surface area contributed by atoms with Crippen molar-refractivity contribution in [1.82, 2.24) is 9.55 Å². The van der Waals surface area contributed by atoms with E-state index < -0.39 is 0 Å². The summed E-state index contributed by atoms with van der Waals surface area (Å²) in [4.78, 5) is 4.36. The molecule has 1 aromatic heterocycles. The van der Waals surface area contributed by atoms with Crippen molar-refractivity contribution < 1.29 is 4.74 Å². The van der Waals surface area contributed by atoms with Crippen molar-refractivity contribution in [3.63, 3.8) is 0 Å². The van der Waals surface area contributed by atoms with Gasteiger partial charge >= 0.3 is 0 Å². The zero-order valence-electron chi connectivity index (χ0n) is 12.6. The lowest BCUT2D eigenvalue weighted by atomic mass is 10.2. The van der Waals surface area contributed by atoms with Gasteiger partial charge < -0.3 is 14.6 Å². The van der Waals surface area contributed by atoms with Gasteiger partial charge in [-0.25, -0.2) is 4.98 Å². The first-order valence-electron chi connectivity index (χ1n) is 7.09. The van der Waals surface area contributed by atoms with E-state index in [9.17, 15) is 0 Å². The van der Waals surface area contributed by atoms with Gasteiger partial charge in [0.1, 0.15) is 5.75 Å². The van der Waals surface area contributed by atoms with Gasteiger partial charge in [0.05, 0.1) is 6.10 Å². The summed E-state index contributed by atoms with van der Waals surface area (Å²) in [5, 5.41) is 3.33. The second-order valence-corrected chi connectivity index (χ2v) is 5.61. The van der Waals surface area contributed by atoms with Crippen molar-refractivity contribution in [3.8, 4) is 5.75 Å². The van der Waals surface area contributed by atoms with E-state index in [-0.39, 0.29) is 6.10 Å². The summed E-state index contributed by atoms with van der Waals surface area (Å²) in [6.07, 6.45) is 4.01. The summed E-state index contributed by atoms with van der Waals surface area (Å²) in [6.45, 7) is 9.39. The molecule has 0 fully saturated rings. The van der Waals surface area contributed by atoms with Crippen LogP contribution in [0.15, 0.2) is 36.7 Å². The molecule has 0 unspecified atom stereocenters. The number of hydrogen-bond donors (Lipinski definition) is 1. The minimum atomic E-state index is 0.193. The Morgan fingerprint density at radius 3 is 2.45 bits per heavy atom. The van der Waals surface area contributed by atoms with E-state index in [2.05, 4.69) is 28.7 Å². The minimum Gasteiger partial charge on any atom is -0.491 e. The van der Waals surface area contributed by atoms with Crippen LogP contribution in [-0.4, -0.2) is 15.7 Å². The lowest BCUT2D eigenvalue weighted by Gasteiger charge is -2.13. The summed E-state index contributed by atoms with van der Waals surface area (Å²) in [5.41, 5.74) is 1.01. The van der Waals surface area contributed by atoms with Gasteiger partial charge in [-0.2, -0.15) is 0 Å². The first-order chi connectivity index (χ1) is 9.54. The van der Waals surface area contributed by atoms with Crippen molar-refractivity contribution in [1.29, 1.82) is 0 Å². The highest BCUT2D eigenvalue weighted by atomic mass is 16.5. The molecule has 0 saturated carbocycles. The van der Waals surface area contributed by atoms with Crippen LogP contribution >= 0.6 is 0 Å². The topological polar surface area (TPSA) is 39.1 Å². The Morgan fingerprint density at radius 2 is 1.85 bits per heavy atom. The summed E-state index contributed by atoms with van der Waals surface area (Å²) in [7, 11) is 0. The molecule has 0 amide bonds. The van der Waals surface area contributed by atoms with E-state index in [1.807, 2.05) is 50.5 Å². The van der Waals surface area contributed by atoms with Gasteiger partial charge in [0.2, 0.25) is 5.95 Å². The standard InChI is InChI=1S/C16H23N3O/c1-12(2)11-19-10-9-17-16(19)18-14-5-7-15(8-6-14)20-13(3)4/h5-10,12-13H,11H2,1-4H3,(H,17,18). The van der Waals surface area contributed by atoms with E-state index in [1.165, 1.54) is 0 Å². The molecule has 0 saturated heterocycles. The Hall–Kier alpha value is -1.97. The second kappa shape index (κ2) is 6.46. The number of aromatic nitrogens is 2. The normalized spacial score (nSPS) is 11.1. The van der Waals surface area contributed by atoms with E-state index in [1.54, 1.807) is 0 Å². The molecule has 0 radical (unpaired) electrons. The lowest BCUT2D eigenvalue weighted by molar-refractivity contribution is 0.242. The average molecular weight is 273 g/mol. The van der Waals surface area contributed by atoms with Crippen LogP contribution in [0.3, 0.4) is 0 Å². The predicted molar refractivity (Wildman–Crippen MR) is 82.6 cm³/mol. The first kappa shape index (κ1) is 14.4. The van der Waals surface area contributed by atoms with Crippen molar-refractivity contribution in [3.05, 3.63) is 36.7 Å². The quantitative estimate of drug-likeness (QED) is 0.862. The molecule has 1 heterocycles. The number of anilines is 2. The Bertz CT molecular complexity index is 529. The van der Waals surface area contributed by atoms with Gasteiger partial charge in [0, 0.05) is 24.6 Å². The summed E-state index contributed by atoms with van der Waals surface area (Å²) >= 11 is 0. The fraction of sp³-hybridized carbons (Fsp3) is 0.438. The van der Waals surface area contributed by atoms with Crippen LogP contribution in [0.25, 0.3) is 0 Å². The first-order valence-corrected chi connectivity index (χ1v) is 7.09. The van der Waals surface area contributed by atoms with Crippen LogP contribution in [0.4, 0.5) is 11.6 Å². The smallest absolute Gasteiger partial charge is 0.207 e.